The molecule has 0 bridgehead atoms. The van der Waals surface area contributed by atoms with Gasteiger partial charge in [-0.2, -0.15) is 0 Å². The Morgan fingerprint density at radius 3 is 2.52 bits per heavy atom. The number of amides is 4. The molecule has 1 saturated carbocycles. The zero-order valence-electron chi connectivity index (χ0n) is 17.5. The van der Waals surface area contributed by atoms with Crippen LogP contribution in [-0.2, 0) is 9.59 Å². The number of urea groups is 1. The van der Waals surface area contributed by atoms with Gasteiger partial charge in [0, 0.05) is 4.47 Å². The molecule has 1 aliphatic heterocycles. The van der Waals surface area contributed by atoms with Crippen molar-refractivity contribution < 1.29 is 14.4 Å². The quantitative estimate of drug-likeness (QED) is 0.643. The number of rotatable bonds is 5. The highest BCUT2D eigenvalue weighted by molar-refractivity contribution is 9.10. The Morgan fingerprint density at radius 1 is 1.28 bits per heavy atom. The summed E-state index contributed by atoms with van der Waals surface area (Å²) in [5.74, 6) is -0.268. The Labute approximate surface area is 180 Å². The average Bonchev–Trinajstić information content (AvgIpc) is 2.82. The number of carbonyl (C=O) groups excluding carboxylic acids is 3. The predicted octanol–water partition coefficient (Wildman–Crippen LogP) is 4.15. The highest BCUT2D eigenvalue weighted by atomic mass is 79.9. The third-order valence-electron chi connectivity index (χ3n) is 5.94. The van der Waals surface area contributed by atoms with Gasteiger partial charge >= 0.3 is 6.03 Å². The summed E-state index contributed by atoms with van der Waals surface area (Å²) >= 11 is 3.41. The average molecular weight is 464 g/mol. The summed E-state index contributed by atoms with van der Waals surface area (Å²) in [4.78, 5) is 39.5. The Bertz CT molecular complexity index is 808. The molecule has 158 valence electrons. The van der Waals surface area contributed by atoms with Crippen molar-refractivity contribution in [1.29, 1.82) is 0 Å². The minimum absolute atomic E-state index is 0.0340. The van der Waals surface area contributed by atoms with Gasteiger partial charge in [0.2, 0.25) is 5.91 Å². The lowest BCUT2D eigenvalue weighted by molar-refractivity contribution is -0.137. The van der Waals surface area contributed by atoms with Gasteiger partial charge in [-0.05, 0) is 54.7 Å². The second-order valence-electron chi connectivity index (χ2n) is 9.34. The summed E-state index contributed by atoms with van der Waals surface area (Å²) in [5, 5.41) is 5.88. The van der Waals surface area contributed by atoms with Gasteiger partial charge in [-0.25, -0.2) is 4.79 Å². The molecular formula is C22H30BrN3O3. The Kier molecular flexibility index (Phi) is 6.08. The molecule has 1 spiro atoms. The lowest BCUT2D eigenvalue weighted by atomic mass is 9.64. The van der Waals surface area contributed by atoms with Crippen LogP contribution in [0.3, 0.4) is 0 Å². The Balaban J connectivity index is 1.69. The third kappa shape index (κ3) is 4.65. The van der Waals surface area contributed by atoms with Crippen molar-refractivity contribution >= 4 is 33.8 Å². The van der Waals surface area contributed by atoms with E-state index in [1.807, 2.05) is 31.2 Å². The molecule has 0 radical (unpaired) electrons. The van der Waals surface area contributed by atoms with Crippen LogP contribution in [-0.4, -0.2) is 34.8 Å². The third-order valence-corrected chi connectivity index (χ3v) is 6.47. The van der Waals surface area contributed by atoms with Crippen molar-refractivity contribution in [2.45, 2.75) is 65.0 Å². The number of carbonyl (C=O) groups is 3. The first-order chi connectivity index (χ1) is 13.5. The fraction of sp³-hybridized carbons (Fsp3) is 0.591. The summed E-state index contributed by atoms with van der Waals surface area (Å²) in [6, 6.07) is 7.12. The zero-order chi connectivity index (χ0) is 21.4. The second-order valence-corrected chi connectivity index (χ2v) is 10.3. The van der Waals surface area contributed by atoms with Crippen molar-refractivity contribution in [1.82, 2.24) is 15.5 Å². The van der Waals surface area contributed by atoms with E-state index in [0.29, 0.717) is 25.2 Å². The van der Waals surface area contributed by atoms with Crippen molar-refractivity contribution in [3.8, 4) is 0 Å². The SMILES string of the molecule is CC[C@H](NC(=O)CN1C(=O)N[C@@]2(C[C@@H](C)CC(C)(C)C2)C1=O)c1ccc(Br)cc1. The number of nitrogens with zero attached hydrogens (tertiary/aromatic N) is 1. The van der Waals surface area contributed by atoms with Gasteiger partial charge in [-0.1, -0.05) is 55.8 Å². The first-order valence-corrected chi connectivity index (χ1v) is 11.0. The normalized spacial score (nSPS) is 27.1. The van der Waals surface area contributed by atoms with Crippen LogP contribution in [0.2, 0.25) is 0 Å². The molecule has 2 fully saturated rings. The van der Waals surface area contributed by atoms with Crippen molar-refractivity contribution in [2.75, 3.05) is 6.54 Å². The minimum Gasteiger partial charge on any atom is -0.348 e. The number of benzene rings is 1. The lowest BCUT2D eigenvalue weighted by Gasteiger charge is -2.43. The molecule has 1 aliphatic carbocycles. The highest BCUT2D eigenvalue weighted by Gasteiger charge is 2.56. The van der Waals surface area contributed by atoms with Gasteiger partial charge in [0.1, 0.15) is 12.1 Å². The first kappa shape index (κ1) is 21.8. The van der Waals surface area contributed by atoms with Crippen LogP contribution in [0.4, 0.5) is 4.79 Å². The molecule has 1 saturated heterocycles. The van der Waals surface area contributed by atoms with E-state index in [1.165, 1.54) is 0 Å². The van der Waals surface area contributed by atoms with E-state index in [1.54, 1.807) is 0 Å². The Morgan fingerprint density at radius 2 is 1.93 bits per heavy atom. The number of hydrogen-bond acceptors (Lipinski definition) is 3. The van der Waals surface area contributed by atoms with Crippen LogP contribution in [0.15, 0.2) is 28.7 Å². The lowest BCUT2D eigenvalue weighted by Crippen LogP contribution is -2.54. The highest BCUT2D eigenvalue weighted by Crippen LogP contribution is 2.46. The first-order valence-electron chi connectivity index (χ1n) is 10.2. The van der Waals surface area contributed by atoms with Crippen LogP contribution < -0.4 is 10.6 Å². The summed E-state index contributed by atoms with van der Waals surface area (Å²) < 4.78 is 0.969. The molecule has 6 nitrogen and oxygen atoms in total. The second kappa shape index (κ2) is 8.09. The zero-order valence-corrected chi connectivity index (χ0v) is 19.1. The largest absolute Gasteiger partial charge is 0.348 e. The molecule has 1 aromatic rings. The smallest absolute Gasteiger partial charge is 0.325 e. The van der Waals surface area contributed by atoms with Crippen LogP contribution in [0.5, 0.6) is 0 Å². The standard InChI is InChI=1S/C22H30BrN3O3/c1-5-17(15-6-8-16(23)9-7-15)24-18(27)12-26-19(28)22(25-20(26)29)11-14(2)10-21(3,4)13-22/h6-9,14,17H,5,10-13H2,1-4H3,(H,24,27)(H,25,29)/t14-,17-,22+/m0/s1. The van der Waals surface area contributed by atoms with Crippen LogP contribution in [0.1, 0.15) is 65.0 Å². The number of halogens is 1. The van der Waals surface area contributed by atoms with Gasteiger partial charge < -0.3 is 10.6 Å². The monoisotopic (exact) mass is 463 g/mol. The number of hydrogen-bond donors (Lipinski definition) is 2. The molecule has 3 rings (SSSR count). The molecule has 0 aromatic heterocycles. The Hall–Kier alpha value is -1.89. The molecule has 7 heteroatoms. The van der Waals surface area contributed by atoms with E-state index in [4.69, 9.17) is 0 Å². The van der Waals surface area contributed by atoms with E-state index in [9.17, 15) is 14.4 Å². The maximum atomic E-state index is 13.2. The van der Waals surface area contributed by atoms with E-state index in [0.717, 1.165) is 21.4 Å². The molecule has 2 N–H and O–H groups in total. The predicted molar refractivity (Wildman–Crippen MR) is 115 cm³/mol. The van der Waals surface area contributed by atoms with Crippen LogP contribution >= 0.6 is 15.9 Å². The maximum absolute atomic E-state index is 13.2. The minimum atomic E-state index is -0.881. The van der Waals surface area contributed by atoms with E-state index in [2.05, 4.69) is 47.3 Å². The fourth-order valence-corrected chi connectivity index (χ4v) is 5.41. The summed E-state index contributed by atoms with van der Waals surface area (Å²) in [6.07, 6.45) is 2.95. The summed E-state index contributed by atoms with van der Waals surface area (Å²) in [7, 11) is 0. The maximum Gasteiger partial charge on any atom is 0.325 e. The fourth-order valence-electron chi connectivity index (χ4n) is 5.15. The molecule has 3 atom stereocenters. The molecule has 1 heterocycles. The molecule has 1 aromatic carbocycles. The van der Waals surface area contributed by atoms with Gasteiger partial charge in [0.05, 0.1) is 6.04 Å². The van der Waals surface area contributed by atoms with Gasteiger partial charge in [-0.3, -0.25) is 14.5 Å². The van der Waals surface area contributed by atoms with Gasteiger partial charge in [-0.15, -0.1) is 0 Å². The molecule has 29 heavy (non-hydrogen) atoms. The van der Waals surface area contributed by atoms with Crippen molar-refractivity contribution in [3.63, 3.8) is 0 Å². The van der Waals surface area contributed by atoms with Gasteiger partial charge in [0.15, 0.2) is 0 Å². The number of imide groups is 1. The van der Waals surface area contributed by atoms with Crippen LogP contribution in [0, 0.1) is 11.3 Å². The number of nitrogens with one attached hydrogen (secondary N) is 2. The van der Waals surface area contributed by atoms with Gasteiger partial charge in [0.25, 0.3) is 5.91 Å². The van der Waals surface area contributed by atoms with E-state index >= 15 is 0 Å². The molecular weight excluding hydrogens is 434 g/mol. The van der Waals surface area contributed by atoms with E-state index < -0.39 is 11.6 Å². The van der Waals surface area contributed by atoms with Crippen LogP contribution in [0.25, 0.3) is 0 Å². The topological polar surface area (TPSA) is 78.5 Å². The van der Waals surface area contributed by atoms with Crippen molar-refractivity contribution in [2.24, 2.45) is 11.3 Å². The molecule has 2 aliphatic rings. The van der Waals surface area contributed by atoms with Crippen molar-refractivity contribution in [3.05, 3.63) is 34.3 Å². The summed E-state index contributed by atoms with van der Waals surface area (Å²) in [6.45, 7) is 8.10. The molecule has 0 unspecified atom stereocenters. The molecule has 4 amide bonds. The van der Waals surface area contributed by atoms with E-state index in [-0.39, 0.29) is 29.8 Å². The summed E-state index contributed by atoms with van der Waals surface area (Å²) in [5.41, 5.74) is 0.0721.